The van der Waals surface area contributed by atoms with Crippen LogP contribution in [0, 0.1) is 11.7 Å². The minimum Gasteiger partial charge on any atom is -0.355 e. The van der Waals surface area contributed by atoms with Crippen LogP contribution in [0.15, 0.2) is 54.6 Å². The van der Waals surface area contributed by atoms with Crippen LogP contribution in [0.25, 0.3) is 0 Å². The Hall–Kier alpha value is -2.69. The lowest BCUT2D eigenvalue weighted by Gasteiger charge is -2.16. The molecule has 2 aromatic rings. The zero-order chi connectivity index (χ0) is 18.4. The van der Waals surface area contributed by atoms with Crippen molar-refractivity contribution < 1.29 is 14.0 Å². The molecule has 1 unspecified atom stereocenters. The van der Waals surface area contributed by atoms with Crippen LogP contribution >= 0.6 is 0 Å². The second kappa shape index (κ2) is 8.61. The summed E-state index contributed by atoms with van der Waals surface area (Å²) in [5, 5.41) is 2.93. The smallest absolute Gasteiger partial charge is 0.225 e. The third kappa shape index (κ3) is 4.91. The number of benzene rings is 2. The van der Waals surface area contributed by atoms with Crippen molar-refractivity contribution in [3.05, 3.63) is 71.5 Å². The zero-order valence-electron chi connectivity index (χ0n) is 14.7. The summed E-state index contributed by atoms with van der Waals surface area (Å²) in [5.74, 6) is -0.599. The second-order valence-corrected chi connectivity index (χ2v) is 6.64. The molecule has 0 saturated carbocycles. The van der Waals surface area contributed by atoms with Crippen LogP contribution in [-0.4, -0.2) is 36.3 Å². The normalized spacial score (nSPS) is 16.7. The molecule has 2 aromatic carbocycles. The van der Waals surface area contributed by atoms with Crippen LogP contribution < -0.4 is 5.32 Å². The Morgan fingerprint density at radius 1 is 1.04 bits per heavy atom. The number of rotatable bonds is 7. The van der Waals surface area contributed by atoms with Crippen molar-refractivity contribution >= 4 is 11.8 Å². The van der Waals surface area contributed by atoms with Gasteiger partial charge in [0, 0.05) is 26.1 Å². The van der Waals surface area contributed by atoms with Gasteiger partial charge in [-0.3, -0.25) is 9.59 Å². The molecule has 1 atom stereocenters. The van der Waals surface area contributed by atoms with Gasteiger partial charge in [0.25, 0.3) is 0 Å². The van der Waals surface area contributed by atoms with Gasteiger partial charge in [0.05, 0.1) is 5.92 Å². The average molecular weight is 354 g/mol. The minimum absolute atomic E-state index is 0.00956. The van der Waals surface area contributed by atoms with Crippen LogP contribution in [0.5, 0.6) is 0 Å². The summed E-state index contributed by atoms with van der Waals surface area (Å²) in [4.78, 5) is 26.2. The zero-order valence-corrected chi connectivity index (χ0v) is 14.7. The number of hydrogen-bond acceptors (Lipinski definition) is 2. The Bertz CT molecular complexity index is 746. The van der Waals surface area contributed by atoms with Crippen LogP contribution in [-0.2, 0) is 22.4 Å². The Kier molecular flexibility index (Phi) is 6.00. The molecule has 136 valence electrons. The quantitative estimate of drug-likeness (QED) is 0.831. The predicted octanol–water partition coefficient (Wildman–Crippen LogP) is 2.58. The lowest BCUT2D eigenvalue weighted by atomic mass is 10.1. The maximum absolute atomic E-state index is 12.9. The molecule has 1 aliphatic heterocycles. The summed E-state index contributed by atoms with van der Waals surface area (Å²) in [6, 6.07) is 16.3. The monoisotopic (exact) mass is 354 g/mol. The highest BCUT2D eigenvalue weighted by Crippen LogP contribution is 2.18. The molecular weight excluding hydrogens is 331 g/mol. The number of amides is 2. The van der Waals surface area contributed by atoms with Crippen LogP contribution in [0.3, 0.4) is 0 Å². The van der Waals surface area contributed by atoms with E-state index in [0.717, 1.165) is 12.0 Å². The molecule has 3 rings (SSSR count). The van der Waals surface area contributed by atoms with E-state index in [0.29, 0.717) is 26.1 Å². The highest BCUT2D eigenvalue weighted by Gasteiger charge is 2.33. The lowest BCUT2D eigenvalue weighted by Crippen LogP contribution is -2.34. The molecule has 1 saturated heterocycles. The molecule has 0 radical (unpaired) electrons. The van der Waals surface area contributed by atoms with Crippen molar-refractivity contribution in [1.82, 2.24) is 10.2 Å². The Morgan fingerprint density at radius 3 is 2.46 bits per heavy atom. The van der Waals surface area contributed by atoms with Gasteiger partial charge in [-0.15, -0.1) is 0 Å². The maximum atomic E-state index is 12.9. The van der Waals surface area contributed by atoms with E-state index in [1.165, 1.54) is 17.7 Å². The van der Waals surface area contributed by atoms with Gasteiger partial charge < -0.3 is 10.2 Å². The highest BCUT2D eigenvalue weighted by atomic mass is 19.1. The molecule has 5 heteroatoms. The second-order valence-electron chi connectivity index (χ2n) is 6.64. The van der Waals surface area contributed by atoms with Gasteiger partial charge in [-0.1, -0.05) is 42.5 Å². The van der Waals surface area contributed by atoms with Crippen molar-refractivity contribution in [2.24, 2.45) is 5.92 Å². The van der Waals surface area contributed by atoms with E-state index in [1.54, 1.807) is 17.0 Å². The van der Waals surface area contributed by atoms with Crippen LogP contribution in [0.1, 0.15) is 17.5 Å². The molecular formula is C21H23FN2O2. The fourth-order valence-electron chi connectivity index (χ4n) is 3.20. The van der Waals surface area contributed by atoms with Gasteiger partial charge >= 0.3 is 0 Å². The SMILES string of the molecule is O=C(NCCc1ccccc1)C1CC(=O)N(CCc2ccc(F)cc2)C1. The summed E-state index contributed by atoms with van der Waals surface area (Å²) >= 11 is 0. The number of hydrogen-bond donors (Lipinski definition) is 1. The summed E-state index contributed by atoms with van der Waals surface area (Å²) in [6.45, 7) is 1.58. The summed E-state index contributed by atoms with van der Waals surface area (Å²) < 4.78 is 12.9. The van der Waals surface area contributed by atoms with Gasteiger partial charge in [0.1, 0.15) is 5.82 Å². The molecule has 2 amide bonds. The molecule has 1 N–H and O–H groups in total. The van der Waals surface area contributed by atoms with Gasteiger partial charge in [-0.2, -0.15) is 0 Å². The van der Waals surface area contributed by atoms with Gasteiger partial charge in [0.2, 0.25) is 11.8 Å². The topological polar surface area (TPSA) is 49.4 Å². The third-order valence-corrected chi connectivity index (χ3v) is 4.72. The summed E-state index contributed by atoms with van der Waals surface area (Å²) in [7, 11) is 0. The van der Waals surface area contributed by atoms with E-state index in [1.807, 2.05) is 30.3 Å². The molecule has 1 heterocycles. The van der Waals surface area contributed by atoms with E-state index < -0.39 is 0 Å². The molecule has 4 nitrogen and oxygen atoms in total. The van der Waals surface area contributed by atoms with Gasteiger partial charge in [-0.05, 0) is 36.1 Å². The summed E-state index contributed by atoms with van der Waals surface area (Å²) in [5.41, 5.74) is 2.16. The Balaban J connectivity index is 1.43. The number of nitrogens with zero attached hydrogens (tertiary/aromatic N) is 1. The molecule has 1 aliphatic rings. The van der Waals surface area contributed by atoms with E-state index in [2.05, 4.69) is 5.32 Å². The van der Waals surface area contributed by atoms with Crippen molar-refractivity contribution in [2.75, 3.05) is 19.6 Å². The Labute approximate surface area is 153 Å². The number of halogens is 1. The molecule has 0 spiro atoms. The number of nitrogens with one attached hydrogen (secondary N) is 1. The van der Waals surface area contributed by atoms with Crippen molar-refractivity contribution in [3.63, 3.8) is 0 Å². The maximum Gasteiger partial charge on any atom is 0.225 e. The van der Waals surface area contributed by atoms with E-state index in [4.69, 9.17) is 0 Å². The molecule has 1 fully saturated rings. The lowest BCUT2D eigenvalue weighted by molar-refractivity contribution is -0.129. The van der Waals surface area contributed by atoms with Crippen LogP contribution in [0.2, 0.25) is 0 Å². The first-order valence-electron chi connectivity index (χ1n) is 8.95. The van der Waals surface area contributed by atoms with Crippen LogP contribution in [0.4, 0.5) is 4.39 Å². The first-order chi connectivity index (χ1) is 12.6. The largest absolute Gasteiger partial charge is 0.355 e. The molecule has 0 bridgehead atoms. The third-order valence-electron chi connectivity index (χ3n) is 4.72. The van der Waals surface area contributed by atoms with Crippen molar-refractivity contribution in [2.45, 2.75) is 19.3 Å². The predicted molar refractivity (Wildman–Crippen MR) is 97.9 cm³/mol. The van der Waals surface area contributed by atoms with E-state index >= 15 is 0 Å². The van der Waals surface area contributed by atoms with E-state index in [-0.39, 0.29) is 30.0 Å². The number of carbonyl (C=O) groups is 2. The number of likely N-dealkylation sites (tertiary alicyclic amines) is 1. The average Bonchev–Trinajstić information content (AvgIpc) is 3.03. The number of carbonyl (C=O) groups excluding carboxylic acids is 2. The Morgan fingerprint density at radius 2 is 1.73 bits per heavy atom. The van der Waals surface area contributed by atoms with Gasteiger partial charge in [0.15, 0.2) is 0 Å². The summed E-state index contributed by atoms with van der Waals surface area (Å²) in [6.07, 6.45) is 1.70. The van der Waals surface area contributed by atoms with Crippen molar-refractivity contribution in [3.8, 4) is 0 Å². The van der Waals surface area contributed by atoms with Gasteiger partial charge in [-0.25, -0.2) is 4.39 Å². The first-order valence-corrected chi connectivity index (χ1v) is 8.95. The fraction of sp³-hybridized carbons (Fsp3) is 0.333. The molecule has 26 heavy (non-hydrogen) atoms. The minimum atomic E-state index is -0.286. The molecule has 0 aromatic heterocycles. The standard InChI is InChI=1S/C21H23FN2O2/c22-19-8-6-17(7-9-19)11-13-24-15-18(14-20(24)25)21(26)23-12-10-16-4-2-1-3-5-16/h1-9,18H,10-15H2,(H,23,26). The van der Waals surface area contributed by atoms with E-state index in [9.17, 15) is 14.0 Å². The fourth-order valence-corrected chi connectivity index (χ4v) is 3.20. The van der Waals surface area contributed by atoms with Crippen molar-refractivity contribution in [1.29, 1.82) is 0 Å². The first kappa shape index (κ1) is 18.1. The highest BCUT2D eigenvalue weighted by molar-refractivity contribution is 5.89. The molecule has 0 aliphatic carbocycles.